The van der Waals surface area contributed by atoms with Crippen LogP contribution < -0.4 is 9.64 Å². The largest absolute Gasteiger partial charge is 0.507 e. The molecule has 0 spiro atoms. The SMILES string of the molecule is Cc1ccc(/C(O)=C2/C(=O)C(=O)N(c3ccc(OCc4ccccc4)cc3)C2c2cccs2)cc1C. The number of ketones is 1. The van der Waals surface area contributed by atoms with E-state index in [-0.39, 0.29) is 11.3 Å². The van der Waals surface area contributed by atoms with Crippen molar-refractivity contribution >= 4 is 34.5 Å². The van der Waals surface area contributed by atoms with Crippen molar-refractivity contribution < 1.29 is 19.4 Å². The third-order valence-electron chi connectivity index (χ3n) is 6.40. The summed E-state index contributed by atoms with van der Waals surface area (Å²) in [6, 6.07) is 25.5. The molecule has 0 saturated carbocycles. The third-order valence-corrected chi connectivity index (χ3v) is 7.33. The van der Waals surface area contributed by atoms with Crippen molar-refractivity contribution in [3.63, 3.8) is 0 Å². The lowest BCUT2D eigenvalue weighted by atomic mass is 9.97. The molecule has 1 N–H and O–H groups in total. The predicted octanol–water partition coefficient (Wildman–Crippen LogP) is 6.57. The van der Waals surface area contributed by atoms with Gasteiger partial charge in [-0.1, -0.05) is 48.5 Å². The number of hydrogen-bond acceptors (Lipinski definition) is 5. The second-order valence-electron chi connectivity index (χ2n) is 8.75. The number of ether oxygens (including phenoxy) is 1. The molecule has 0 bridgehead atoms. The summed E-state index contributed by atoms with van der Waals surface area (Å²) >= 11 is 1.44. The van der Waals surface area contributed by atoms with Crippen LogP contribution in [0.5, 0.6) is 5.75 Å². The molecule has 0 aliphatic carbocycles. The molecule has 0 radical (unpaired) electrons. The highest BCUT2D eigenvalue weighted by Gasteiger charge is 2.47. The Bertz CT molecular complexity index is 1440. The van der Waals surface area contributed by atoms with Gasteiger partial charge < -0.3 is 9.84 Å². The van der Waals surface area contributed by atoms with Gasteiger partial charge >= 0.3 is 0 Å². The van der Waals surface area contributed by atoms with Crippen molar-refractivity contribution in [1.29, 1.82) is 0 Å². The molecule has 3 aromatic carbocycles. The number of aliphatic hydroxyl groups excluding tert-OH is 1. The quantitative estimate of drug-likeness (QED) is 0.187. The van der Waals surface area contributed by atoms with Crippen LogP contribution in [-0.4, -0.2) is 16.8 Å². The second kappa shape index (κ2) is 9.84. The lowest BCUT2D eigenvalue weighted by Crippen LogP contribution is -2.29. The number of rotatable bonds is 6. The lowest BCUT2D eigenvalue weighted by Gasteiger charge is -2.24. The van der Waals surface area contributed by atoms with E-state index in [1.165, 1.54) is 16.2 Å². The molecule has 1 saturated heterocycles. The van der Waals surface area contributed by atoms with Gasteiger partial charge in [0.05, 0.1) is 5.57 Å². The van der Waals surface area contributed by atoms with Crippen LogP contribution in [0.4, 0.5) is 5.69 Å². The standard InChI is InChI=1S/C30H25NO4S/c1-19-10-11-22(17-20(19)2)28(32)26-27(25-9-6-16-36-25)31(30(34)29(26)33)23-12-14-24(15-13-23)35-18-21-7-4-3-5-8-21/h3-17,27,32H,18H2,1-2H3/b28-26-. The number of aliphatic hydroxyl groups is 1. The highest BCUT2D eigenvalue weighted by Crippen LogP contribution is 2.43. The van der Waals surface area contributed by atoms with Crippen LogP contribution in [0, 0.1) is 13.8 Å². The third kappa shape index (κ3) is 4.43. The van der Waals surface area contributed by atoms with E-state index in [1.807, 2.05) is 73.8 Å². The fourth-order valence-electron chi connectivity index (χ4n) is 4.30. The molecule has 6 heteroatoms. The molecule has 5 nitrogen and oxygen atoms in total. The summed E-state index contributed by atoms with van der Waals surface area (Å²) in [6.07, 6.45) is 0. The Labute approximate surface area is 213 Å². The van der Waals surface area contributed by atoms with E-state index in [0.29, 0.717) is 23.6 Å². The Morgan fingerprint density at radius 2 is 1.67 bits per heavy atom. The van der Waals surface area contributed by atoms with E-state index in [2.05, 4.69) is 0 Å². The first-order chi connectivity index (χ1) is 17.4. The molecule has 1 aromatic heterocycles. The number of carbonyl (C=O) groups excluding carboxylic acids is 2. The Morgan fingerprint density at radius 1 is 0.917 bits per heavy atom. The van der Waals surface area contributed by atoms with Crippen LogP contribution in [0.25, 0.3) is 5.76 Å². The van der Waals surface area contributed by atoms with E-state index < -0.39 is 17.7 Å². The Hall–Kier alpha value is -4.16. The molecule has 1 aliphatic heterocycles. The van der Waals surface area contributed by atoms with E-state index in [0.717, 1.165) is 21.6 Å². The van der Waals surface area contributed by atoms with Gasteiger partial charge in [0.2, 0.25) is 0 Å². The van der Waals surface area contributed by atoms with E-state index in [9.17, 15) is 14.7 Å². The first-order valence-electron chi connectivity index (χ1n) is 11.6. The molecule has 1 aliphatic rings. The molecule has 36 heavy (non-hydrogen) atoms. The van der Waals surface area contributed by atoms with Crippen molar-refractivity contribution in [3.05, 3.63) is 123 Å². The van der Waals surface area contributed by atoms with Gasteiger partial charge in [-0.05, 0) is 72.3 Å². The second-order valence-corrected chi connectivity index (χ2v) is 9.73. The zero-order chi connectivity index (χ0) is 25.2. The summed E-state index contributed by atoms with van der Waals surface area (Å²) in [5.74, 6) is -0.882. The number of benzene rings is 3. The topological polar surface area (TPSA) is 66.8 Å². The molecule has 5 rings (SSSR count). The first-order valence-corrected chi connectivity index (χ1v) is 12.5. The van der Waals surface area contributed by atoms with Crippen molar-refractivity contribution in [2.75, 3.05) is 4.90 Å². The summed E-state index contributed by atoms with van der Waals surface area (Å²) in [4.78, 5) is 28.8. The van der Waals surface area contributed by atoms with Gasteiger partial charge in [-0.2, -0.15) is 0 Å². The maximum atomic E-state index is 13.3. The Morgan fingerprint density at radius 3 is 2.33 bits per heavy atom. The van der Waals surface area contributed by atoms with Gasteiger partial charge in [0.25, 0.3) is 11.7 Å². The van der Waals surface area contributed by atoms with Crippen LogP contribution in [-0.2, 0) is 16.2 Å². The van der Waals surface area contributed by atoms with Gasteiger partial charge in [0.15, 0.2) is 0 Å². The van der Waals surface area contributed by atoms with Crippen molar-refractivity contribution in [2.45, 2.75) is 26.5 Å². The van der Waals surface area contributed by atoms with Crippen LogP contribution >= 0.6 is 11.3 Å². The summed E-state index contributed by atoms with van der Waals surface area (Å²) in [5.41, 5.74) is 4.29. The Kier molecular flexibility index (Phi) is 6.44. The van der Waals surface area contributed by atoms with Gasteiger partial charge in [0.1, 0.15) is 24.2 Å². The number of anilines is 1. The zero-order valence-corrected chi connectivity index (χ0v) is 20.8. The molecule has 4 aromatic rings. The monoisotopic (exact) mass is 495 g/mol. The minimum Gasteiger partial charge on any atom is -0.507 e. The Balaban J connectivity index is 1.50. The van der Waals surface area contributed by atoms with E-state index in [4.69, 9.17) is 4.74 Å². The minimum absolute atomic E-state index is 0.0927. The summed E-state index contributed by atoms with van der Waals surface area (Å²) in [7, 11) is 0. The normalized spacial score (nSPS) is 16.9. The molecule has 1 fully saturated rings. The van der Waals surface area contributed by atoms with Crippen molar-refractivity contribution in [3.8, 4) is 5.75 Å². The maximum Gasteiger partial charge on any atom is 0.300 e. The minimum atomic E-state index is -0.720. The number of nitrogens with zero attached hydrogens (tertiary/aromatic N) is 1. The number of hydrogen-bond donors (Lipinski definition) is 1. The molecular formula is C30H25NO4S. The smallest absolute Gasteiger partial charge is 0.300 e. The number of aryl methyl sites for hydroxylation is 2. The van der Waals surface area contributed by atoms with Gasteiger partial charge in [0, 0.05) is 16.1 Å². The van der Waals surface area contributed by atoms with Crippen molar-refractivity contribution in [2.24, 2.45) is 0 Å². The first kappa shape index (κ1) is 23.6. The van der Waals surface area contributed by atoms with Crippen LogP contribution in [0.2, 0.25) is 0 Å². The number of Topliss-reactive ketones (excluding diaryl/α,β-unsaturated/α-hetero) is 1. The van der Waals surface area contributed by atoms with Crippen molar-refractivity contribution in [1.82, 2.24) is 0 Å². The molecule has 180 valence electrons. The summed E-state index contributed by atoms with van der Waals surface area (Å²) in [6.45, 7) is 4.36. The summed E-state index contributed by atoms with van der Waals surface area (Å²) < 4.78 is 5.88. The molecule has 1 amide bonds. The molecule has 1 atom stereocenters. The maximum absolute atomic E-state index is 13.3. The number of thiophene rings is 1. The molecule has 1 unspecified atom stereocenters. The van der Waals surface area contributed by atoms with Gasteiger partial charge in [-0.3, -0.25) is 14.5 Å². The zero-order valence-electron chi connectivity index (χ0n) is 20.0. The fourth-order valence-corrected chi connectivity index (χ4v) is 5.13. The average molecular weight is 496 g/mol. The number of carbonyl (C=O) groups is 2. The number of amides is 1. The molecule has 2 heterocycles. The van der Waals surface area contributed by atoms with E-state index in [1.54, 1.807) is 30.3 Å². The van der Waals surface area contributed by atoms with Crippen LogP contribution in [0.15, 0.2) is 95.9 Å². The van der Waals surface area contributed by atoms with Gasteiger partial charge in [-0.15, -0.1) is 11.3 Å². The van der Waals surface area contributed by atoms with Crippen LogP contribution in [0.3, 0.4) is 0 Å². The highest BCUT2D eigenvalue weighted by molar-refractivity contribution is 7.10. The van der Waals surface area contributed by atoms with Crippen LogP contribution in [0.1, 0.15) is 33.2 Å². The lowest BCUT2D eigenvalue weighted by molar-refractivity contribution is -0.132. The molecular weight excluding hydrogens is 470 g/mol. The van der Waals surface area contributed by atoms with Gasteiger partial charge in [-0.25, -0.2) is 0 Å². The highest BCUT2D eigenvalue weighted by atomic mass is 32.1. The summed E-state index contributed by atoms with van der Waals surface area (Å²) in [5, 5.41) is 13.1. The van der Waals surface area contributed by atoms with E-state index >= 15 is 0 Å². The fraction of sp³-hybridized carbons (Fsp3) is 0.133. The predicted molar refractivity (Wildman–Crippen MR) is 142 cm³/mol. The average Bonchev–Trinajstić information content (AvgIpc) is 3.52.